The summed E-state index contributed by atoms with van der Waals surface area (Å²) in [6, 6.07) is 8.85. The van der Waals surface area contributed by atoms with Gasteiger partial charge in [0.2, 0.25) is 0 Å². The second kappa shape index (κ2) is 3.96. The molecule has 4 nitrogen and oxygen atoms in total. The summed E-state index contributed by atoms with van der Waals surface area (Å²) < 4.78 is 10.0. The van der Waals surface area contributed by atoms with Gasteiger partial charge in [0.05, 0.1) is 11.8 Å². The number of para-hydroxylation sites is 1. The number of esters is 1. The highest BCUT2D eigenvalue weighted by Gasteiger charge is 2.10. The van der Waals surface area contributed by atoms with Crippen LogP contribution in [0.5, 0.6) is 5.75 Å². The Kier molecular flexibility index (Phi) is 2.49. The molecule has 0 fully saturated rings. The lowest BCUT2D eigenvalue weighted by molar-refractivity contribution is -0.131. The Labute approximate surface area is 86.5 Å². The molecule has 0 saturated carbocycles. The normalized spacial score (nSPS) is 9.93. The van der Waals surface area contributed by atoms with E-state index in [2.05, 4.69) is 5.16 Å². The SMILES string of the molecule is CC(=O)Oc1ccccc1-c1ccno1. The number of carbonyl (C=O) groups excluding carboxylic acids is 1. The van der Waals surface area contributed by atoms with Crippen LogP contribution in [0.3, 0.4) is 0 Å². The Bertz CT molecular complexity index is 462. The fourth-order valence-electron chi connectivity index (χ4n) is 1.27. The molecule has 0 bridgehead atoms. The van der Waals surface area contributed by atoms with Gasteiger partial charge in [-0.2, -0.15) is 0 Å². The number of nitrogens with zero attached hydrogens (tertiary/aromatic N) is 1. The van der Waals surface area contributed by atoms with Crippen molar-refractivity contribution in [3.05, 3.63) is 36.5 Å². The predicted molar refractivity (Wildman–Crippen MR) is 53.2 cm³/mol. The van der Waals surface area contributed by atoms with E-state index in [0.29, 0.717) is 17.1 Å². The summed E-state index contributed by atoms with van der Waals surface area (Å²) in [5.41, 5.74) is 0.713. The molecule has 0 radical (unpaired) electrons. The smallest absolute Gasteiger partial charge is 0.308 e. The summed E-state index contributed by atoms with van der Waals surface area (Å²) in [4.78, 5) is 10.9. The standard InChI is InChI=1S/C11H9NO3/c1-8(13)14-10-5-3-2-4-9(10)11-6-7-12-15-11/h2-7H,1H3. The predicted octanol–water partition coefficient (Wildman–Crippen LogP) is 2.27. The minimum atomic E-state index is -0.359. The molecule has 0 saturated heterocycles. The van der Waals surface area contributed by atoms with Gasteiger partial charge in [0.1, 0.15) is 5.75 Å². The lowest BCUT2D eigenvalue weighted by Crippen LogP contribution is -2.02. The Morgan fingerprint density at radius 2 is 2.13 bits per heavy atom. The number of carbonyl (C=O) groups is 1. The van der Waals surface area contributed by atoms with E-state index < -0.39 is 0 Å². The van der Waals surface area contributed by atoms with E-state index in [4.69, 9.17) is 9.26 Å². The van der Waals surface area contributed by atoms with E-state index in [1.165, 1.54) is 6.92 Å². The van der Waals surface area contributed by atoms with E-state index in [1.54, 1.807) is 30.5 Å². The highest BCUT2D eigenvalue weighted by molar-refractivity contribution is 5.74. The highest BCUT2D eigenvalue weighted by Crippen LogP contribution is 2.29. The third-order valence-corrected chi connectivity index (χ3v) is 1.84. The molecule has 1 aromatic carbocycles. The fourth-order valence-corrected chi connectivity index (χ4v) is 1.27. The highest BCUT2D eigenvalue weighted by atomic mass is 16.5. The van der Waals surface area contributed by atoms with Crippen LogP contribution < -0.4 is 4.74 Å². The number of hydrogen-bond acceptors (Lipinski definition) is 4. The summed E-state index contributed by atoms with van der Waals surface area (Å²) in [6.45, 7) is 1.36. The van der Waals surface area contributed by atoms with Gasteiger partial charge < -0.3 is 9.26 Å². The van der Waals surface area contributed by atoms with Crippen LogP contribution in [0.2, 0.25) is 0 Å². The van der Waals surface area contributed by atoms with Gasteiger partial charge in [-0.05, 0) is 12.1 Å². The molecule has 0 aliphatic carbocycles. The zero-order valence-electron chi connectivity index (χ0n) is 8.14. The zero-order valence-corrected chi connectivity index (χ0v) is 8.14. The summed E-state index contributed by atoms with van der Waals surface area (Å²) in [7, 11) is 0. The molecule has 2 rings (SSSR count). The fraction of sp³-hybridized carbons (Fsp3) is 0.0909. The van der Waals surface area contributed by atoms with Crippen LogP contribution >= 0.6 is 0 Å². The summed E-state index contributed by atoms with van der Waals surface area (Å²) in [5.74, 6) is 0.690. The molecule has 0 N–H and O–H groups in total. The average molecular weight is 203 g/mol. The van der Waals surface area contributed by atoms with Crippen LogP contribution in [-0.2, 0) is 4.79 Å². The van der Waals surface area contributed by atoms with Crippen molar-refractivity contribution < 1.29 is 14.1 Å². The van der Waals surface area contributed by atoms with Crippen molar-refractivity contribution in [3.63, 3.8) is 0 Å². The molecule has 15 heavy (non-hydrogen) atoms. The van der Waals surface area contributed by atoms with Crippen LogP contribution in [0.4, 0.5) is 0 Å². The molecule has 0 amide bonds. The molecule has 0 aliphatic rings. The first-order chi connectivity index (χ1) is 7.27. The monoisotopic (exact) mass is 203 g/mol. The molecule has 0 atom stereocenters. The lowest BCUT2D eigenvalue weighted by atomic mass is 10.1. The number of benzene rings is 1. The Morgan fingerprint density at radius 3 is 2.80 bits per heavy atom. The van der Waals surface area contributed by atoms with Gasteiger partial charge in [0.25, 0.3) is 0 Å². The van der Waals surface area contributed by atoms with Gasteiger partial charge in [-0.15, -0.1) is 0 Å². The van der Waals surface area contributed by atoms with E-state index in [1.807, 2.05) is 6.07 Å². The van der Waals surface area contributed by atoms with Crippen LogP contribution in [0.1, 0.15) is 6.92 Å². The molecular formula is C11H9NO3. The molecule has 1 aromatic heterocycles. The first kappa shape index (κ1) is 9.45. The van der Waals surface area contributed by atoms with Crippen molar-refractivity contribution in [2.24, 2.45) is 0 Å². The van der Waals surface area contributed by atoms with E-state index >= 15 is 0 Å². The maximum atomic E-state index is 10.9. The minimum Gasteiger partial charge on any atom is -0.426 e. The first-order valence-corrected chi connectivity index (χ1v) is 4.46. The van der Waals surface area contributed by atoms with Gasteiger partial charge in [0.15, 0.2) is 5.76 Å². The molecule has 0 spiro atoms. The second-order valence-electron chi connectivity index (χ2n) is 2.97. The summed E-state index contributed by atoms with van der Waals surface area (Å²) in [6.07, 6.45) is 1.54. The number of rotatable bonds is 2. The Morgan fingerprint density at radius 1 is 1.33 bits per heavy atom. The quantitative estimate of drug-likeness (QED) is 0.555. The Balaban J connectivity index is 2.42. The molecule has 4 heteroatoms. The van der Waals surface area contributed by atoms with Crippen LogP contribution in [-0.4, -0.2) is 11.1 Å². The maximum absolute atomic E-state index is 10.9. The van der Waals surface area contributed by atoms with Crippen molar-refractivity contribution in [3.8, 4) is 17.1 Å². The average Bonchev–Trinajstić information content (AvgIpc) is 2.70. The maximum Gasteiger partial charge on any atom is 0.308 e. The van der Waals surface area contributed by atoms with Gasteiger partial charge >= 0.3 is 5.97 Å². The topological polar surface area (TPSA) is 52.3 Å². The molecule has 1 heterocycles. The van der Waals surface area contributed by atoms with E-state index in [9.17, 15) is 4.79 Å². The van der Waals surface area contributed by atoms with Crippen molar-refractivity contribution in [1.29, 1.82) is 0 Å². The molecule has 0 aliphatic heterocycles. The number of ether oxygens (including phenoxy) is 1. The zero-order chi connectivity index (χ0) is 10.7. The van der Waals surface area contributed by atoms with Gasteiger partial charge in [-0.3, -0.25) is 4.79 Å². The van der Waals surface area contributed by atoms with Crippen molar-refractivity contribution in [2.75, 3.05) is 0 Å². The second-order valence-corrected chi connectivity index (χ2v) is 2.97. The van der Waals surface area contributed by atoms with Crippen LogP contribution in [0.15, 0.2) is 41.1 Å². The minimum absolute atomic E-state index is 0.359. The van der Waals surface area contributed by atoms with E-state index in [-0.39, 0.29) is 5.97 Å². The van der Waals surface area contributed by atoms with Crippen molar-refractivity contribution >= 4 is 5.97 Å². The molecule has 2 aromatic rings. The van der Waals surface area contributed by atoms with Gasteiger partial charge in [-0.1, -0.05) is 17.3 Å². The number of aromatic nitrogens is 1. The van der Waals surface area contributed by atoms with Crippen LogP contribution in [0.25, 0.3) is 11.3 Å². The van der Waals surface area contributed by atoms with Crippen LogP contribution in [0, 0.1) is 0 Å². The largest absolute Gasteiger partial charge is 0.426 e. The lowest BCUT2D eigenvalue weighted by Gasteiger charge is -2.04. The first-order valence-electron chi connectivity index (χ1n) is 4.46. The molecule has 76 valence electrons. The Hall–Kier alpha value is -2.10. The van der Waals surface area contributed by atoms with E-state index in [0.717, 1.165) is 0 Å². The summed E-state index contributed by atoms with van der Waals surface area (Å²) in [5, 5.41) is 3.60. The van der Waals surface area contributed by atoms with Gasteiger partial charge in [0, 0.05) is 13.0 Å². The third kappa shape index (κ3) is 2.04. The van der Waals surface area contributed by atoms with Gasteiger partial charge in [-0.25, -0.2) is 0 Å². The molecular weight excluding hydrogens is 194 g/mol. The van der Waals surface area contributed by atoms with Crippen molar-refractivity contribution in [1.82, 2.24) is 5.16 Å². The molecule has 0 unspecified atom stereocenters. The van der Waals surface area contributed by atoms with Crippen molar-refractivity contribution in [2.45, 2.75) is 6.92 Å². The number of hydrogen-bond donors (Lipinski definition) is 0. The third-order valence-electron chi connectivity index (χ3n) is 1.84. The summed E-state index contributed by atoms with van der Waals surface area (Å²) >= 11 is 0.